The first-order chi connectivity index (χ1) is 7.81. The lowest BCUT2D eigenvalue weighted by Gasteiger charge is -2.03. The Morgan fingerprint density at radius 2 is 2.18 bits per heavy atom. The summed E-state index contributed by atoms with van der Waals surface area (Å²) < 4.78 is 21.9. The summed E-state index contributed by atoms with van der Waals surface area (Å²) in [6, 6.07) is 0. The van der Waals surface area contributed by atoms with Crippen molar-refractivity contribution in [1.82, 2.24) is 4.98 Å². The number of sulfone groups is 1. The highest BCUT2D eigenvalue weighted by atomic mass is 35.5. The fourth-order valence-corrected chi connectivity index (χ4v) is 3.51. The zero-order chi connectivity index (χ0) is 13.1. The van der Waals surface area contributed by atoms with E-state index >= 15 is 0 Å². The predicted molar refractivity (Wildman–Crippen MR) is 66.3 cm³/mol. The van der Waals surface area contributed by atoms with E-state index in [4.69, 9.17) is 11.6 Å². The molecular weight excluding hydrogens is 288 g/mol. The van der Waals surface area contributed by atoms with Crippen LogP contribution in [0.3, 0.4) is 0 Å². The van der Waals surface area contributed by atoms with E-state index in [2.05, 4.69) is 4.98 Å². The van der Waals surface area contributed by atoms with E-state index in [9.17, 15) is 18.5 Å². The highest BCUT2D eigenvalue weighted by Crippen LogP contribution is 2.34. The minimum Gasteiger partial charge on any atom is -0.258 e. The molecule has 0 amide bonds. The fourth-order valence-electron chi connectivity index (χ4n) is 0.981. The van der Waals surface area contributed by atoms with E-state index in [1.807, 2.05) is 0 Å². The van der Waals surface area contributed by atoms with E-state index < -0.39 is 14.8 Å². The van der Waals surface area contributed by atoms with Gasteiger partial charge in [-0.3, -0.25) is 15.1 Å². The van der Waals surface area contributed by atoms with Crippen LogP contribution < -0.4 is 0 Å². The standard InChI is InChI=1S/C8H9ClN2O4S2/c1-17(14,15)3-2-16-8-6(9)4-10-5-7(8)11(12)13/h4-5H,2-3H2,1H3. The van der Waals surface area contributed by atoms with Crippen LogP contribution in [0.2, 0.25) is 5.02 Å². The molecule has 0 spiro atoms. The predicted octanol–water partition coefficient (Wildman–Crippen LogP) is 1.78. The molecule has 0 saturated heterocycles. The van der Waals surface area contributed by atoms with Crippen molar-refractivity contribution < 1.29 is 13.3 Å². The first kappa shape index (κ1) is 14.2. The summed E-state index contributed by atoms with van der Waals surface area (Å²) >= 11 is 6.82. The van der Waals surface area contributed by atoms with Gasteiger partial charge in [-0.15, -0.1) is 11.8 Å². The van der Waals surface area contributed by atoms with Crippen LogP contribution in [0.1, 0.15) is 0 Å². The van der Waals surface area contributed by atoms with Crippen molar-refractivity contribution in [3.8, 4) is 0 Å². The number of hydrogen-bond donors (Lipinski definition) is 0. The maximum Gasteiger partial charge on any atom is 0.302 e. The highest BCUT2D eigenvalue weighted by molar-refractivity contribution is 8.00. The molecule has 0 aliphatic heterocycles. The molecule has 1 rings (SSSR count). The third-order valence-electron chi connectivity index (χ3n) is 1.73. The summed E-state index contributed by atoms with van der Waals surface area (Å²) in [7, 11) is -3.09. The van der Waals surface area contributed by atoms with Crippen molar-refractivity contribution in [3.05, 3.63) is 27.5 Å². The van der Waals surface area contributed by atoms with Crippen LogP contribution in [-0.2, 0) is 9.84 Å². The highest BCUT2D eigenvalue weighted by Gasteiger charge is 2.18. The van der Waals surface area contributed by atoms with E-state index in [1.54, 1.807) is 0 Å². The van der Waals surface area contributed by atoms with Crippen molar-refractivity contribution in [3.63, 3.8) is 0 Å². The van der Waals surface area contributed by atoms with Gasteiger partial charge < -0.3 is 0 Å². The number of nitro groups is 1. The number of nitrogens with zero attached hydrogens (tertiary/aromatic N) is 2. The summed E-state index contributed by atoms with van der Waals surface area (Å²) in [5.41, 5.74) is -0.212. The second-order valence-electron chi connectivity index (χ2n) is 3.21. The first-order valence-electron chi connectivity index (χ1n) is 4.39. The topological polar surface area (TPSA) is 90.2 Å². The molecule has 0 atom stereocenters. The smallest absolute Gasteiger partial charge is 0.258 e. The van der Waals surface area contributed by atoms with Crippen LogP contribution in [0.25, 0.3) is 0 Å². The van der Waals surface area contributed by atoms with Crippen molar-refractivity contribution in [2.75, 3.05) is 17.8 Å². The van der Waals surface area contributed by atoms with E-state index in [-0.39, 0.29) is 27.1 Å². The molecule has 9 heteroatoms. The number of thioether (sulfide) groups is 1. The van der Waals surface area contributed by atoms with Gasteiger partial charge in [-0.1, -0.05) is 11.6 Å². The maximum absolute atomic E-state index is 10.9. The van der Waals surface area contributed by atoms with Crippen LogP contribution in [0.4, 0.5) is 5.69 Å². The Balaban J connectivity index is 2.86. The molecular formula is C8H9ClN2O4S2. The van der Waals surface area contributed by atoms with Gasteiger partial charge in [0.25, 0.3) is 0 Å². The molecule has 94 valence electrons. The van der Waals surface area contributed by atoms with Gasteiger partial charge >= 0.3 is 5.69 Å². The monoisotopic (exact) mass is 296 g/mol. The SMILES string of the molecule is CS(=O)(=O)CCSc1c(Cl)cncc1[N+](=O)[O-]. The van der Waals surface area contributed by atoms with Gasteiger partial charge in [0.05, 0.1) is 15.7 Å². The van der Waals surface area contributed by atoms with E-state index in [0.29, 0.717) is 0 Å². The van der Waals surface area contributed by atoms with Gasteiger partial charge in [0, 0.05) is 18.2 Å². The van der Waals surface area contributed by atoms with Gasteiger partial charge in [0.15, 0.2) is 0 Å². The molecule has 0 unspecified atom stereocenters. The largest absolute Gasteiger partial charge is 0.302 e. The quantitative estimate of drug-likeness (QED) is 0.467. The Morgan fingerprint density at radius 3 is 2.71 bits per heavy atom. The lowest BCUT2D eigenvalue weighted by molar-refractivity contribution is -0.388. The van der Waals surface area contributed by atoms with E-state index in [0.717, 1.165) is 24.2 Å². The van der Waals surface area contributed by atoms with Gasteiger partial charge in [-0.05, 0) is 0 Å². The lowest BCUT2D eigenvalue weighted by atomic mass is 10.4. The van der Waals surface area contributed by atoms with Gasteiger partial charge in [-0.25, -0.2) is 8.42 Å². The van der Waals surface area contributed by atoms with Crippen LogP contribution in [-0.4, -0.2) is 36.1 Å². The van der Waals surface area contributed by atoms with Crippen molar-refractivity contribution >= 4 is 38.9 Å². The number of aromatic nitrogens is 1. The molecule has 0 aliphatic carbocycles. The summed E-state index contributed by atoms with van der Waals surface area (Å²) in [6.45, 7) is 0. The molecule has 0 radical (unpaired) electrons. The maximum atomic E-state index is 10.9. The summed E-state index contributed by atoms with van der Waals surface area (Å²) in [5.74, 6) is 0.150. The third-order valence-corrected chi connectivity index (χ3v) is 4.46. The Labute approximate surface area is 107 Å². The second-order valence-corrected chi connectivity index (χ2v) is 6.98. The average Bonchev–Trinajstić information content (AvgIpc) is 2.18. The van der Waals surface area contributed by atoms with Crippen molar-refractivity contribution in [2.24, 2.45) is 0 Å². The number of rotatable bonds is 5. The van der Waals surface area contributed by atoms with Crippen LogP contribution in [0.15, 0.2) is 17.3 Å². The number of halogens is 1. The fraction of sp³-hybridized carbons (Fsp3) is 0.375. The van der Waals surface area contributed by atoms with Crippen LogP contribution in [0, 0.1) is 10.1 Å². The Hall–Kier alpha value is -0.860. The van der Waals surface area contributed by atoms with Gasteiger partial charge in [0.1, 0.15) is 20.9 Å². The number of pyridine rings is 1. The average molecular weight is 297 g/mol. The molecule has 0 aliphatic rings. The third kappa shape index (κ3) is 4.49. The summed E-state index contributed by atoms with van der Waals surface area (Å²) in [6.07, 6.45) is 3.49. The summed E-state index contributed by atoms with van der Waals surface area (Å²) in [4.78, 5) is 14.0. The molecule has 1 aromatic heterocycles. The van der Waals surface area contributed by atoms with Crippen molar-refractivity contribution in [2.45, 2.75) is 4.90 Å². The van der Waals surface area contributed by atoms with Gasteiger partial charge in [-0.2, -0.15) is 0 Å². The second kappa shape index (κ2) is 5.65. The molecule has 1 heterocycles. The molecule has 0 N–H and O–H groups in total. The molecule has 0 aromatic carbocycles. The van der Waals surface area contributed by atoms with Crippen molar-refractivity contribution in [1.29, 1.82) is 0 Å². The number of hydrogen-bond acceptors (Lipinski definition) is 6. The van der Waals surface area contributed by atoms with Gasteiger partial charge in [0.2, 0.25) is 0 Å². The minimum atomic E-state index is -3.09. The molecule has 17 heavy (non-hydrogen) atoms. The molecule has 0 saturated carbocycles. The molecule has 0 fully saturated rings. The first-order valence-corrected chi connectivity index (χ1v) is 7.82. The minimum absolute atomic E-state index is 0.0620. The lowest BCUT2D eigenvalue weighted by Crippen LogP contribution is -2.05. The zero-order valence-corrected chi connectivity index (χ0v) is 11.2. The molecule has 0 bridgehead atoms. The summed E-state index contributed by atoms with van der Waals surface area (Å²) in [5, 5.41) is 10.9. The molecule has 1 aromatic rings. The zero-order valence-electron chi connectivity index (χ0n) is 8.79. The Bertz CT molecular complexity index is 532. The Kier molecular flexibility index (Phi) is 4.72. The normalized spacial score (nSPS) is 11.4. The molecule has 6 nitrogen and oxygen atoms in total. The van der Waals surface area contributed by atoms with Crippen LogP contribution in [0.5, 0.6) is 0 Å². The Morgan fingerprint density at radius 1 is 1.53 bits per heavy atom. The van der Waals surface area contributed by atoms with E-state index in [1.165, 1.54) is 6.20 Å². The van der Waals surface area contributed by atoms with Crippen LogP contribution >= 0.6 is 23.4 Å².